The van der Waals surface area contributed by atoms with Crippen LogP contribution < -0.4 is 9.62 Å². The average molecular weight is 562 g/mol. The number of halogens is 1. The average Bonchev–Trinajstić information content (AvgIpc) is 2.87. The summed E-state index contributed by atoms with van der Waals surface area (Å²) in [4.78, 5) is 28.3. The predicted octanol–water partition coefficient (Wildman–Crippen LogP) is 5.37. The second kappa shape index (κ2) is 13.5. The van der Waals surface area contributed by atoms with E-state index in [-0.39, 0.29) is 30.8 Å². The lowest BCUT2D eigenvalue weighted by atomic mass is 9.95. The molecule has 1 saturated carbocycles. The number of hydrogen-bond acceptors (Lipinski definition) is 4. The van der Waals surface area contributed by atoms with Gasteiger partial charge in [-0.05, 0) is 63.3 Å². The maximum Gasteiger partial charge on any atom is 0.242 e. The van der Waals surface area contributed by atoms with Crippen molar-refractivity contribution in [2.24, 2.45) is 0 Å². The second-order valence-electron chi connectivity index (χ2n) is 10.3. The molecular formula is C29H40ClN3O4S. The van der Waals surface area contributed by atoms with E-state index in [9.17, 15) is 18.0 Å². The first-order valence-corrected chi connectivity index (χ1v) is 15.6. The fourth-order valence-corrected chi connectivity index (χ4v) is 6.08. The highest BCUT2D eigenvalue weighted by Crippen LogP contribution is 2.28. The van der Waals surface area contributed by atoms with Gasteiger partial charge in [0.15, 0.2) is 0 Å². The Balaban J connectivity index is 1.73. The van der Waals surface area contributed by atoms with Gasteiger partial charge in [0.25, 0.3) is 0 Å². The van der Waals surface area contributed by atoms with Crippen LogP contribution in [0.2, 0.25) is 5.02 Å². The number of carbonyl (C=O) groups excluding carboxylic acids is 2. The van der Waals surface area contributed by atoms with E-state index in [0.717, 1.165) is 43.1 Å². The first-order chi connectivity index (χ1) is 18.0. The van der Waals surface area contributed by atoms with Crippen LogP contribution in [0, 0.1) is 13.8 Å². The third-order valence-electron chi connectivity index (χ3n) is 7.25. The van der Waals surface area contributed by atoms with Crippen LogP contribution in [0.5, 0.6) is 0 Å². The third kappa shape index (κ3) is 8.21. The highest BCUT2D eigenvalue weighted by atomic mass is 35.5. The zero-order valence-electron chi connectivity index (χ0n) is 22.9. The SMILES string of the molecule is Cc1ccc(CN(C(=O)CCCN(c2cccc(Cl)c2C)S(C)(=O)=O)[C@@H](C)C(=O)NC2CCCCC2)cc1. The van der Waals surface area contributed by atoms with Crippen molar-refractivity contribution in [3.05, 3.63) is 64.2 Å². The molecular weight excluding hydrogens is 522 g/mol. The van der Waals surface area contributed by atoms with Gasteiger partial charge < -0.3 is 10.2 Å². The lowest BCUT2D eigenvalue weighted by Gasteiger charge is -2.31. The Bertz CT molecular complexity index is 1210. The van der Waals surface area contributed by atoms with Crippen LogP contribution in [0.15, 0.2) is 42.5 Å². The Morgan fingerprint density at radius 2 is 1.71 bits per heavy atom. The molecule has 7 nitrogen and oxygen atoms in total. The molecule has 1 aliphatic carbocycles. The van der Waals surface area contributed by atoms with Crippen molar-refractivity contribution in [2.45, 2.75) is 84.3 Å². The summed E-state index contributed by atoms with van der Waals surface area (Å²) >= 11 is 6.23. The van der Waals surface area contributed by atoms with Crippen LogP contribution in [-0.2, 0) is 26.2 Å². The van der Waals surface area contributed by atoms with Gasteiger partial charge in [-0.1, -0.05) is 66.8 Å². The van der Waals surface area contributed by atoms with Crippen molar-refractivity contribution in [2.75, 3.05) is 17.1 Å². The quantitative estimate of drug-likeness (QED) is 0.399. The zero-order valence-corrected chi connectivity index (χ0v) is 24.4. The number of amides is 2. The summed E-state index contributed by atoms with van der Waals surface area (Å²) in [5, 5.41) is 3.62. The van der Waals surface area contributed by atoms with Gasteiger partial charge in [0.05, 0.1) is 11.9 Å². The van der Waals surface area contributed by atoms with Crippen molar-refractivity contribution in [1.29, 1.82) is 0 Å². The van der Waals surface area contributed by atoms with Crippen molar-refractivity contribution < 1.29 is 18.0 Å². The summed E-state index contributed by atoms with van der Waals surface area (Å²) in [7, 11) is -3.59. The van der Waals surface area contributed by atoms with E-state index < -0.39 is 16.1 Å². The lowest BCUT2D eigenvalue weighted by molar-refractivity contribution is -0.141. The number of hydrogen-bond donors (Lipinski definition) is 1. The monoisotopic (exact) mass is 561 g/mol. The largest absolute Gasteiger partial charge is 0.352 e. The maximum absolute atomic E-state index is 13.5. The van der Waals surface area contributed by atoms with Gasteiger partial charge in [0, 0.05) is 30.6 Å². The van der Waals surface area contributed by atoms with Gasteiger partial charge in [0.1, 0.15) is 6.04 Å². The fourth-order valence-electron chi connectivity index (χ4n) is 4.89. The second-order valence-corrected chi connectivity index (χ2v) is 12.7. The Morgan fingerprint density at radius 3 is 2.34 bits per heavy atom. The maximum atomic E-state index is 13.5. The van der Waals surface area contributed by atoms with Crippen molar-refractivity contribution in [3.63, 3.8) is 0 Å². The molecule has 0 radical (unpaired) electrons. The summed E-state index contributed by atoms with van der Waals surface area (Å²) in [5.41, 5.74) is 3.23. The molecule has 0 aliphatic heterocycles. The third-order valence-corrected chi connectivity index (χ3v) is 8.84. The summed E-state index contributed by atoms with van der Waals surface area (Å²) in [5.74, 6) is -0.335. The van der Waals surface area contributed by atoms with E-state index in [1.165, 1.54) is 10.7 Å². The van der Waals surface area contributed by atoms with E-state index in [1.54, 1.807) is 36.9 Å². The zero-order chi connectivity index (χ0) is 27.9. The normalized spacial score (nSPS) is 15.1. The molecule has 2 aromatic carbocycles. The molecule has 0 bridgehead atoms. The Labute approximate surface area is 232 Å². The number of nitrogens with zero attached hydrogens (tertiary/aromatic N) is 2. The summed E-state index contributed by atoms with van der Waals surface area (Å²) in [6.45, 7) is 5.98. The number of nitrogens with one attached hydrogen (secondary N) is 1. The lowest BCUT2D eigenvalue weighted by Crippen LogP contribution is -2.50. The Hall–Kier alpha value is -2.58. The molecule has 0 spiro atoms. The number of sulfonamides is 1. The molecule has 1 aliphatic rings. The molecule has 1 N–H and O–H groups in total. The van der Waals surface area contributed by atoms with Crippen LogP contribution in [-0.4, -0.2) is 50.0 Å². The van der Waals surface area contributed by atoms with Gasteiger partial charge in [-0.25, -0.2) is 8.42 Å². The topological polar surface area (TPSA) is 86.8 Å². The molecule has 38 heavy (non-hydrogen) atoms. The van der Waals surface area contributed by atoms with Gasteiger partial charge >= 0.3 is 0 Å². The van der Waals surface area contributed by atoms with E-state index >= 15 is 0 Å². The van der Waals surface area contributed by atoms with Crippen LogP contribution in [0.4, 0.5) is 5.69 Å². The van der Waals surface area contributed by atoms with Gasteiger partial charge in [-0.3, -0.25) is 13.9 Å². The Morgan fingerprint density at radius 1 is 1.05 bits per heavy atom. The number of benzene rings is 2. The highest BCUT2D eigenvalue weighted by molar-refractivity contribution is 7.92. The molecule has 0 aromatic heterocycles. The van der Waals surface area contributed by atoms with Crippen LogP contribution >= 0.6 is 11.6 Å². The van der Waals surface area contributed by atoms with Crippen LogP contribution in [0.25, 0.3) is 0 Å². The number of rotatable bonds is 11. The number of anilines is 1. The molecule has 208 valence electrons. The minimum atomic E-state index is -3.59. The fraction of sp³-hybridized carbons (Fsp3) is 0.517. The van der Waals surface area contributed by atoms with Gasteiger partial charge in [-0.15, -0.1) is 0 Å². The number of carbonyl (C=O) groups is 2. The van der Waals surface area contributed by atoms with Crippen LogP contribution in [0.1, 0.15) is 68.6 Å². The Kier molecular flexibility index (Phi) is 10.6. The molecule has 2 amide bonds. The van der Waals surface area contributed by atoms with E-state index in [1.807, 2.05) is 31.2 Å². The molecule has 2 aromatic rings. The summed E-state index contributed by atoms with van der Waals surface area (Å²) < 4.78 is 26.5. The van der Waals surface area contributed by atoms with E-state index in [4.69, 9.17) is 11.6 Å². The summed E-state index contributed by atoms with van der Waals surface area (Å²) in [6, 6.07) is 12.6. The van der Waals surface area contributed by atoms with Crippen molar-refractivity contribution in [1.82, 2.24) is 10.2 Å². The molecule has 0 saturated heterocycles. The molecule has 9 heteroatoms. The molecule has 0 heterocycles. The first-order valence-electron chi connectivity index (χ1n) is 13.4. The van der Waals surface area contributed by atoms with Gasteiger partial charge in [0.2, 0.25) is 21.8 Å². The first kappa shape index (κ1) is 30.0. The molecule has 0 unspecified atom stereocenters. The smallest absolute Gasteiger partial charge is 0.242 e. The van der Waals surface area contributed by atoms with Crippen LogP contribution in [0.3, 0.4) is 0 Å². The van der Waals surface area contributed by atoms with Gasteiger partial charge in [-0.2, -0.15) is 0 Å². The van der Waals surface area contributed by atoms with Crippen molar-refractivity contribution in [3.8, 4) is 0 Å². The highest BCUT2D eigenvalue weighted by Gasteiger charge is 2.28. The van der Waals surface area contributed by atoms with E-state index in [2.05, 4.69) is 5.32 Å². The predicted molar refractivity (Wildman–Crippen MR) is 154 cm³/mol. The minimum Gasteiger partial charge on any atom is -0.352 e. The standard InChI is InChI=1S/C29H40ClN3O4S/c1-21-15-17-24(18-16-21)20-32(23(3)29(35)31-25-10-6-5-7-11-25)28(34)14-9-19-33(38(4,36)37)27-13-8-12-26(30)22(27)2/h8,12-13,15-18,23,25H,5-7,9-11,14,19-20H2,1-4H3,(H,31,35)/t23-/m0/s1. The molecule has 3 rings (SSSR count). The molecule has 1 atom stereocenters. The van der Waals surface area contributed by atoms with Crippen molar-refractivity contribution >= 4 is 39.1 Å². The minimum absolute atomic E-state index is 0.110. The van der Waals surface area contributed by atoms with E-state index in [0.29, 0.717) is 29.2 Å². The number of aryl methyl sites for hydroxylation is 1. The molecule has 1 fully saturated rings. The summed E-state index contributed by atoms with van der Waals surface area (Å²) in [6.07, 6.45) is 6.90.